The fourth-order valence-corrected chi connectivity index (χ4v) is 2.08. The molecule has 0 unspecified atom stereocenters. The van der Waals surface area contributed by atoms with E-state index in [1.54, 1.807) is 6.92 Å². The van der Waals surface area contributed by atoms with Crippen molar-refractivity contribution in [3.05, 3.63) is 46.8 Å². The van der Waals surface area contributed by atoms with Gasteiger partial charge in [0.2, 0.25) is 0 Å². The van der Waals surface area contributed by atoms with Gasteiger partial charge >= 0.3 is 0 Å². The first-order chi connectivity index (χ1) is 9.47. The van der Waals surface area contributed by atoms with Gasteiger partial charge in [0.1, 0.15) is 16.7 Å². The van der Waals surface area contributed by atoms with Gasteiger partial charge in [-0.05, 0) is 6.92 Å². The van der Waals surface area contributed by atoms with Crippen LogP contribution in [0, 0.1) is 24.4 Å². The molecule has 0 aliphatic carbocycles. The lowest BCUT2D eigenvalue weighted by Crippen LogP contribution is -2.04. The molecule has 0 atom stereocenters. The summed E-state index contributed by atoms with van der Waals surface area (Å²) in [5.74, 6) is -3.05. The van der Waals surface area contributed by atoms with Crippen LogP contribution in [0.3, 0.4) is 0 Å². The average Bonchev–Trinajstić information content (AvgIpc) is 2.77. The highest BCUT2D eigenvalue weighted by Crippen LogP contribution is 2.24. The summed E-state index contributed by atoms with van der Waals surface area (Å²) in [5.41, 5.74) is -0.0412. The molecule has 3 aromatic rings. The van der Waals surface area contributed by atoms with E-state index in [2.05, 4.69) is 15.1 Å². The minimum Gasteiger partial charge on any atom is -0.221 e. The lowest BCUT2D eigenvalue weighted by molar-refractivity contribution is 0.492. The summed E-state index contributed by atoms with van der Waals surface area (Å²) in [6.07, 6.45) is 1.33. The Kier molecular flexibility index (Phi) is 2.86. The Balaban J connectivity index is 2.33. The Morgan fingerprint density at radius 3 is 2.50 bits per heavy atom. The molecule has 0 amide bonds. The number of nitrogens with zero attached hydrogens (tertiary/aromatic N) is 4. The van der Waals surface area contributed by atoms with Gasteiger partial charge in [-0.25, -0.2) is 27.8 Å². The van der Waals surface area contributed by atoms with Crippen molar-refractivity contribution in [3.63, 3.8) is 0 Å². The molecule has 2 heterocycles. The van der Waals surface area contributed by atoms with Crippen molar-refractivity contribution in [2.45, 2.75) is 6.92 Å². The van der Waals surface area contributed by atoms with Crippen molar-refractivity contribution < 1.29 is 13.2 Å². The second-order valence-electron chi connectivity index (χ2n) is 4.07. The zero-order chi connectivity index (χ0) is 14.4. The van der Waals surface area contributed by atoms with Gasteiger partial charge in [0, 0.05) is 12.1 Å². The molecule has 0 saturated heterocycles. The maximum Gasteiger partial charge on any atom is 0.168 e. The predicted octanol–water partition coefficient (Wildman–Crippen LogP) is 3.19. The largest absolute Gasteiger partial charge is 0.221 e. The SMILES string of the molecule is Cc1nc(Cl)c2cnn(-c3cc(F)c(F)cc3F)c2n1. The molecule has 0 fully saturated rings. The summed E-state index contributed by atoms with van der Waals surface area (Å²) < 4.78 is 41.0. The number of benzene rings is 1. The monoisotopic (exact) mass is 298 g/mol. The first kappa shape index (κ1) is 12.9. The van der Waals surface area contributed by atoms with E-state index in [1.807, 2.05) is 0 Å². The maximum absolute atomic E-state index is 13.8. The van der Waals surface area contributed by atoms with Crippen LogP contribution in [-0.2, 0) is 0 Å². The first-order valence-electron chi connectivity index (χ1n) is 5.50. The fourth-order valence-electron chi connectivity index (χ4n) is 1.83. The van der Waals surface area contributed by atoms with E-state index in [0.29, 0.717) is 23.3 Å². The van der Waals surface area contributed by atoms with Crippen LogP contribution in [0.1, 0.15) is 5.82 Å². The molecule has 0 aliphatic heterocycles. The lowest BCUT2D eigenvalue weighted by Gasteiger charge is -2.06. The van der Waals surface area contributed by atoms with Gasteiger partial charge in [-0.1, -0.05) is 11.6 Å². The van der Waals surface area contributed by atoms with Gasteiger partial charge in [-0.15, -0.1) is 0 Å². The molecule has 0 bridgehead atoms. The van der Waals surface area contributed by atoms with Crippen LogP contribution in [0.25, 0.3) is 16.7 Å². The maximum atomic E-state index is 13.8. The third kappa shape index (κ3) is 1.90. The Morgan fingerprint density at radius 2 is 1.75 bits per heavy atom. The van der Waals surface area contributed by atoms with Crippen molar-refractivity contribution in [1.82, 2.24) is 19.7 Å². The second-order valence-corrected chi connectivity index (χ2v) is 4.43. The van der Waals surface area contributed by atoms with Crippen LogP contribution < -0.4 is 0 Å². The number of hydrogen-bond acceptors (Lipinski definition) is 3. The number of rotatable bonds is 1. The molecule has 102 valence electrons. The van der Waals surface area contributed by atoms with Gasteiger partial charge in [-0.2, -0.15) is 5.10 Å². The lowest BCUT2D eigenvalue weighted by atomic mass is 10.3. The number of aryl methyl sites for hydroxylation is 1. The van der Waals surface area contributed by atoms with E-state index in [9.17, 15) is 13.2 Å². The summed E-state index contributed by atoms with van der Waals surface area (Å²) in [5, 5.41) is 4.44. The third-order valence-electron chi connectivity index (χ3n) is 2.71. The molecule has 0 spiro atoms. The van der Waals surface area contributed by atoms with Crippen LogP contribution >= 0.6 is 11.6 Å². The number of halogens is 4. The summed E-state index contributed by atoms with van der Waals surface area (Å²) >= 11 is 5.93. The highest BCUT2D eigenvalue weighted by Gasteiger charge is 2.16. The smallest absolute Gasteiger partial charge is 0.168 e. The zero-order valence-corrected chi connectivity index (χ0v) is 10.8. The Morgan fingerprint density at radius 1 is 1.05 bits per heavy atom. The van der Waals surface area contributed by atoms with Gasteiger partial charge in [0.05, 0.1) is 11.6 Å². The number of hydrogen-bond donors (Lipinski definition) is 0. The van der Waals surface area contributed by atoms with E-state index < -0.39 is 17.5 Å². The van der Waals surface area contributed by atoms with Crippen molar-refractivity contribution in [1.29, 1.82) is 0 Å². The van der Waals surface area contributed by atoms with Crippen LogP contribution in [-0.4, -0.2) is 19.7 Å². The molecule has 3 rings (SSSR count). The molecule has 0 N–H and O–H groups in total. The molecule has 4 nitrogen and oxygen atoms in total. The van der Waals surface area contributed by atoms with Crippen molar-refractivity contribution in [2.75, 3.05) is 0 Å². The average molecular weight is 299 g/mol. The molecular formula is C12H6ClF3N4. The predicted molar refractivity (Wildman–Crippen MR) is 66.3 cm³/mol. The first-order valence-corrected chi connectivity index (χ1v) is 5.88. The highest BCUT2D eigenvalue weighted by atomic mass is 35.5. The highest BCUT2D eigenvalue weighted by molar-refractivity contribution is 6.33. The molecule has 1 aromatic carbocycles. The van der Waals surface area contributed by atoms with E-state index in [1.165, 1.54) is 6.20 Å². The molecule has 20 heavy (non-hydrogen) atoms. The van der Waals surface area contributed by atoms with E-state index >= 15 is 0 Å². The quantitative estimate of drug-likeness (QED) is 0.512. The standard InChI is InChI=1S/C12H6ClF3N4/c1-5-18-11(13)6-4-17-20(12(6)19-5)10-3-8(15)7(14)2-9(10)16/h2-4H,1H3. The Labute approximate surface area is 115 Å². The normalized spacial score (nSPS) is 11.2. The minimum absolute atomic E-state index is 0.154. The van der Waals surface area contributed by atoms with Gasteiger partial charge in [-0.3, -0.25) is 0 Å². The summed E-state index contributed by atoms with van der Waals surface area (Å²) in [6.45, 7) is 1.60. The Bertz CT molecular complexity index is 831. The van der Waals surface area contributed by atoms with E-state index in [0.717, 1.165) is 4.68 Å². The molecule has 8 heteroatoms. The van der Waals surface area contributed by atoms with Crippen molar-refractivity contribution in [3.8, 4) is 5.69 Å². The molecule has 0 saturated carbocycles. The van der Waals surface area contributed by atoms with Crippen LogP contribution in [0.2, 0.25) is 5.15 Å². The number of fused-ring (bicyclic) bond motifs is 1. The third-order valence-corrected chi connectivity index (χ3v) is 3.00. The van der Waals surface area contributed by atoms with Crippen molar-refractivity contribution in [2.24, 2.45) is 0 Å². The topological polar surface area (TPSA) is 43.6 Å². The van der Waals surface area contributed by atoms with Crippen LogP contribution in [0.5, 0.6) is 0 Å². The zero-order valence-electron chi connectivity index (χ0n) is 10.0. The van der Waals surface area contributed by atoms with Crippen LogP contribution in [0.15, 0.2) is 18.3 Å². The van der Waals surface area contributed by atoms with Gasteiger partial charge in [0.15, 0.2) is 23.1 Å². The fraction of sp³-hybridized carbons (Fsp3) is 0.0833. The van der Waals surface area contributed by atoms with Crippen molar-refractivity contribution >= 4 is 22.6 Å². The van der Waals surface area contributed by atoms with Gasteiger partial charge in [0.25, 0.3) is 0 Å². The van der Waals surface area contributed by atoms with Crippen LogP contribution in [0.4, 0.5) is 13.2 Å². The van der Waals surface area contributed by atoms with Gasteiger partial charge < -0.3 is 0 Å². The minimum atomic E-state index is -1.27. The molecule has 0 radical (unpaired) electrons. The summed E-state index contributed by atoms with van der Waals surface area (Å²) in [6, 6.07) is 1.16. The number of aromatic nitrogens is 4. The van der Waals surface area contributed by atoms with E-state index in [-0.39, 0.29) is 16.5 Å². The van der Waals surface area contributed by atoms with E-state index in [4.69, 9.17) is 11.6 Å². The second kappa shape index (κ2) is 4.45. The summed E-state index contributed by atoms with van der Waals surface area (Å²) in [4.78, 5) is 8.02. The molecular weight excluding hydrogens is 293 g/mol. The molecule has 2 aromatic heterocycles. The Hall–Kier alpha value is -2.15. The summed E-state index contributed by atoms with van der Waals surface area (Å²) in [7, 11) is 0. The molecule has 0 aliphatic rings.